The summed E-state index contributed by atoms with van der Waals surface area (Å²) in [5.74, 6) is 0.950. The Labute approximate surface area is 227 Å². The molecule has 1 saturated heterocycles. The Balaban J connectivity index is 1.43. The molecule has 3 aromatic rings. The number of pyridine rings is 1. The van der Waals surface area contributed by atoms with Gasteiger partial charge in [0.1, 0.15) is 18.5 Å². The highest BCUT2D eigenvalue weighted by molar-refractivity contribution is 5.82. The molecule has 0 unspecified atom stereocenters. The second-order valence-electron chi connectivity index (χ2n) is 9.87. The second-order valence-corrected chi connectivity index (χ2v) is 9.87. The van der Waals surface area contributed by atoms with Crippen LogP contribution in [0.1, 0.15) is 49.9 Å². The third-order valence-corrected chi connectivity index (χ3v) is 6.90. The molecule has 13 nitrogen and oxygen atoms in total. The first kappa shape index (κ1) is 27.9. The van der Waals surface area contributed by atoms with Gasteiger partial charge in [-0.1, -0.05) is 26.3 Å². The Morgan fingerprint density at radius 3 is 2.56 bits per heavy atom. The number of nitrogens with zero attached hydrogens (tertiary/aromatic N) is 8. The van der Waals surface area contributed by atoms with Gasteiger partial charge in [0, 0.05) is 45.8 Å². The van der Waals surface area contributed by atoms with Crippen LogP contribution in [-0.2, 0) is 11.2 Å². The average Bonchev–Trinajstić information content (AvgIpc) is 3.31. The summed E-state index contributed by atoms with van der Waals surface area (Å²) in [6, 6.07) is 2.34. The number of fused-ring (bicyclic) bond motifs is 1. The van der Waals surface area contributed by atoms with Gasteiger partial charge in [-0.05, 0) is 30.9 Å². The molecule has 0 spiro atoms. The van der Waals surface area contributed by atoms with E-state index in [1.165, 1.54) is 7.05 Å². The van der Waals surface area contributed by atoms with Gasteiger partial charge in [0.05, 0.1) is 11.9 Å². The lowest BCUT2D eigenvalue weighted by molar-refractivity contribution is -0.132. The summed E-state index contributed by atoms with van der Waals surface area (Å²) in [6.07, 6.45) is 5.84. The molecule has 0 bridgehead atoms. The van der Waals surface area contributed by atoms with Gasteiger partial charge in [-0.2, -0.15) is 4.98 Å². The summed E-state index contributed by atoms with van der Waals surface area (Å²) in [5, 5.41) is 13.6. The zero-order valence-electron chi connectivity index (χ0n) is 23.0. The molecule has 1 fully saturated rings. The molecule has 4 rings (SSSR count). The van der Waals surface area contributed by atoms with Gasteiger partial charge in [-0.15, -0.1) is 5.10 Å². The van der Waals surface area contributed by atoms with Crippen molar-refractivity contribution in [3.8, 4) is 6.01 Å². The van der Waals surface area contributed by atoms with E-state index in [2.05, 4.69) is 39.9 Å². The number of nitrogens with two attached hydrogens (primary N) is 1. The van der Waals surface area contributed by atoms with Crippen molar-refractivity contribution in [2.45, 2.75) is 52.6 Å². The monoisotopic (exact) mass is 539 g/mol. The standard InChI is InChI=1S/C26H37N9O4/c1-5-7-20(6-2)39-25-30-22(27)24-29-15-19(35(24)31-25)13-18-12-17(3)23(28-14-18)34-10-8-33(9-11-34)21(36)16-32(4)26(37)38/h12,14-15,20H,5-11,13,16H2,1-4H3,(H,37,38)(H2,27,30,31)/t20-/m0/s1. The first-order valence-corrected chi connectivity index (χ1v) is 13.3. The third-order valence-electron chi connectivity index (χ3n) is 6.90. The number of anilines is 2. The minimum Gasteiger partial charge on any atom is -0.465 e. The van der Waals surface area contributed by atoms with Crippen LogP contribution in [0.25, 0.3) is 5.65 Å². The number of hydrogen-bond acceptors (Lipinski definition) is 9. The Morgan fingerprint density at radius 1 is 1.18 bits per heavy atom. The summed E-state index contributed by atoms with van der Waals surface area (Å²) in [4.78, 5) is 41.7. The smallest absolute Gasteiger partial charge is 0.407 e. The van der Waals surface area contributed by atoms with Crippen LogP contribution in [0.15, 0.2) is 18.5 Å². The van der Waals surface area contributed by atoms with Gasteiger partial charge in [-0.25, -0.2) is 19.3 Å². The van der Waals surface area contributed by atoms with Crippen LogP contribution in [0.2, 0.25) is 0 Å². The number of piperazine rings is 1. The first-order valence-electron chi connectivity index (χ1n) is 13.3. The molecule has 4 heterocycles. The van der Waals surface area contributed by atoms with Crippen LogP contribution in [-0.4, -0.2) is 97.3 Å². The van der Waals surface area contributed by atoms with Gasteiger partial charge in [0.2, 0.25) is 5.91 Å². The molecular formula is C26H37N9O4. The normalized spacial score (nSPS) is 14.5. The lowest BCUT2D eigenvalue weighted by Crippen LogP contribution is -2.51. The van der Waals surface area contributed by atoms with Crippen LogP contribution in [0, 0.1) is 6.92 Å². The van der Waals surface area contributed by atoms with E-state index >= 15 is 0 Å². The molecular weight excluding hydrogens is 502 g/mol. The predicted octanol–water partition coefficient (Wildman–Crippen LogP) is 2.22. The van der Waals surface area contributed by atoms with E-state index in [9.17, 15) is 9.59 Å². The van der Waals surface area contributed by atoms with Crippen molar-refractivity contribution in [3.05, 3.63) is 35.3 Å². The number of aromatic nitrogens is 5. The van der Waals surface area contributed by atoms with Crippen LogP contribution < -0.4 is 15.4 Å². The number of hydrogen-bond donors (Lipinski definition) is 2. The summed E-state index contributed by atoms with van der Waals surface area (Å²) < 4.78 is 7.69. The SMILES string of the molecule is CCC[C@H](CC)Oc1nc(N)c2ncc(Cc3cnc(N4CCN(C(=O)CN(C)C(=O)O)CC4)c(C)c3)n2n1. The number of aryl methyl sites for hydroxylation is 1. The molecule has 3 N–H and O–H groups in total. The fourth-order valence-electron chi connectivity index (χ4n) is 4.72. The van der Waals surface area contributed by atoms with Gasteiger partial charge in [-0.3, -0.25) is 4.79 Å². The van der Waals surface area contributed by atoms with E-state index in [-0.39, 0.29) is 30.4 Å². The fraction of sp³-hybridized carbons (Fsp3) is 0.538. The second kappa shape index (κ2) is 12.1. The van der Waals surface area contributed by atoms with Crippen LogP contribution >= 0.6 is 0 Å². The molecule has 2 amide bonds. The molecule has 13 heteroatoms. The van der Waals surface area contributed by atoms with Crippen molar-refractivity contribution in [2.75, 3.05) is 50.4 Å². The maximum absolute atomic E-state index is 12.4. The average molecular weight is 540 g/mol. The Hall–Kier alpha value is -4.16. The number of likely N-dealkylation sites (N-methyl/N-ethyl adjacent to an activating group) is 1. The van der Waals surface area contributed by atoms with Crippen molar-refractivity contribution in [2.24, 2.45) is 0 Å². The van der Waals surface area contributed by atoms with Crippen LogP contribution in [0.3, 0.4) is 0 Å². The molecule has 1 aliphatic heterocycles. The zero-order chi connectivity index (χ0) is 28.1. The number of ether oxygens (including phenoxy) is 1. The lowest BCUT2D eigenvalue weighted by atomic mass is 10.1. The zero-order valence-corrected chi connectivity index (χ0v) is 23.0. The highest BCUT2D eigenvalue weighted by Crippen LogP contribution is 2.23. The van der Waals surface area contributed by atoms with Gasteiger partial charge in [0.25, 0.3) is 0 Å². The quantitative estimate of drug-likeness (QED) is 0.392. The van der Waals surface area contributed by atoms with Crippen molar-refractivity contribution >= 4 is 29.3 Å². The summed E-state index contributed by atoms with van der Waals surface area (Å²) in [6.45, 7) is 8.34. The topological polar surface area (TPSA) is 155 Å². The van der Waals surface area contributed by atoms with Crippen molar-refractivity contribution in [3.63, 3.8) is 0 Å². The highest BCUT2D eigenvalue weighted by atomic mass is 16.5. The molecule has 0 aliphatic carbocycles. The first-order chi connectivity index (χ1) is 18.7. The summed E-state index contributed by atoms with van der Waals surface area (Å²) in [7, 11) is 1.39. The van der Waals surface area contributed by atoms with E-state index in [1.807, 2.05) is 13.1 Å². The van der Waals surface area contributed by atoms with E-state index < -0.39 is 6.09 Å². The molecule has 1 aliphatic rings. The number of carbonyl (C=O) groups excluding carboxylic acids is 1. The number of carboxylic acid groups (broad SMARTS) is 1. The van der Waals surface area contributed by atoms with Crippen LogP contribution in [0.5, 0.6) is 6.01 Å². The van der Waals surface area contributed by atoms with Gasteiger partial charge >= 0.3 is 12.1 Å². The lowest BCUT2D eigenvalue weighted by Gasteiger charge is -2.36. The third kappa shape index (κ3) is 6.47. The Bertz CT molecular complexity index is 1320. The van der Waals surface area contributed by atoms with E-state index in [4.69, 9.17) is 20.6 Å². The number of nitrogen functional groups attached to an aromatic ring is 1. The highest BCUT2D eigenvalue weighted by Gasteiger charge is 2.24. The minimum absolute atomic E-state index is 0.0317. The number of amides is 2. The number of rotatable bonds is 10. The predicted molar refractivity (Wildman–Crippen MR) is 146 cm³/mol. The molecule has 39 heavy (non-hydrogen) atoms. The molecule has 0 aromatic carbocycles. The van der Waals surface area contributed by atoms with E-state index in [0.29, 0.717) is 38.2 Å². The van der Waals surface area contributed by atoms with Crippen molar-refractivity contribution in [1.29, 1.82) is 0 Å². The molecule has 0 saturated carbocycles. The molecule has 3 aromatic heterocycles. The van der Waals surface area contributed by atoms with Gasteiger partial charge < -0.3 is 30.3 Å². The molecule has 0 radical (unpaired) electrons. The maximum Gasteiger partial charge on any atom is 0.407 e. The van der Waals surface area contributed by atoms with Gasteiger partial charge in [0.15, 0.2) is 11.5 Å². The summed E-state index contributed by atoms with van der Waals surface area (Å²) >= 11 is 0. The molecule has 210 valence electrons. The fourth-order valence-corrected chi connectivity index (χ4v) is 4.72. The Morgan fingerprint density at radius 2 is 1.92 bits per heavy atom. The summed E-state index contributed by atoms with van der Waals surface area (Å²) in [5.41, 5.74) is 9.52. The molecule has 1 atom stereocenters. The van der Waals surface area contributed by atoms with Crippen molar-refractivity contribution < 1.29 is 19.4 Å². The van der Waals surface area contributed by atoms with Crippen molar-refractivity contribution in [1.82, 2.24) is 34.4 Å². The number of imidazole rings is 1. The largest absolute Gasteiger partial charge is 0.465 e. The van der Waals surface area contributed by atoms with E-state index in [1.54, 1.807) is 15.6 Å². The maximum atomic E-state index is 12.4. The minimum atomic E-state index is -1.12. The number of carbonyl (C=O) groups is 2. The Kier molecular flexibility index (Phi) is 8.67. The van der Waals surface area contributed by atoms with Crippen LogP contribution in [0.4, 0.5) is 16.4 Å². The van der Waals surface area contributed by atoms with E-state index in [0.717, 1.165) is 46.8 Å².